The normalized spacial score (nSPS) is 15.3. The third-order valence-corrected chi connectivity index (χ3v) is 7.24. The number of carbonyl (C=O) groups is 1. The van der Waals surface area contributed by atoms with Crippen LogP contribution in [0.3, 0.4) is 0 Å². The minimum absolute atomic E-state index is 0.0650. The lowest BCUT2D eigenvalue weighted by molar-refractivity contribution is -0.120. The summed E-state index contributed by atoms with van der Waals surface area (Å²) in [5, 5.41) is 3.56. The Morgan fingerprint density at radius 2 is 1.91 bits per heavy atom. The highest BCUT2D eigenvalue weighted by Gasteiger charge is 2.24. The number of nitrogens with zero attached hydrogens (tertiary/aromatic N) is 3. The third kappa shape index (κ3) is 6.48. The van der Waals surface area contributed by atoms with Crippen molar-refractivity contribution >= 4 is 28.6 Å². The van der Waals surface area contributed by atoms with E-state index in [4.69, 9.17) is 9.72 Å². The first-order chi connectivity index (χ1) is 17.1. The molecule has 4 rings (SSSR count). The van der Waals surface area contributed by atoms with Gasteiger partial charge in [-0.2, -0.15) is 0 Å². The average Bonchev–Trinajstić information content (AvgIpc) is 2.88. The maximum Gasteiger partial charge on any atom is 0.266 e. The van der Waals surface area contributed by atoms with Crippen LogP contribution in [0.1, 0.15) is 26.2 Å². The Labute approximate surface area is 208 Å². The van der Waals surface area contributed by atoms with Gasteiger partial charge < -0.3 is 10.1 Å². The van der Waals surface area contributed by atoms with Crippen LogP contribution in [0.15, 0.2) is 58.5 Å². The van der Waals surface area contributed by atoms with E-state index in [9.17, 15) is 14.0 Å². The number of ether oxygens (including phenoxy) is 1. The van der Waals surface area contributed by atoms with Crippen molar-refractivity contribution in [2.45, 2.75) is 36.6 Å². The number of amides is 1. The Balaban J connectivity index is 1.60. The van der Waals surface area contributed by atoms with Gasteiger partial charge in [0.05, 0.1) is 35.1 Å². The molecule has 1 N–H and O–H groups in total. The maximum absolute atomic E-state index is 13.6. The summed E-state index contributed by atoms with van der Waals surface area (Å²) in [6, 6.07) is 12.9. The topological polar surface area (TPSA) is 76.5 Å². The minimum atomic E-state index is -0.403. The molecule has 1 aliphatic heterocycles. The number of rotatable bonds is 10. The fourth-order valence-corrected chi connectivity index (χ4v) is 5.22. The monoisotopic (exact) mass is 498 g/mol. The zero-order valence-electron chi connectivity index (χ0n) is 19.9. The molecule has 9 heteroatoms. The fourth-order valence-electron chi connectivity index (χ4n) is 4.05. The Bertz CT molecular complexity index is 1200. The first-order valence-electron chi connectivity index (χ1n) is 12.1. The number of thioether (sulfide) groups is 1. The van der Waals surface area contributed by atoms with E-state index in [1.807, 2.05) is 6.07 Å². The van der Waals surface area contributed by atoms with Crippen molar-refractivity contribution in [2.24, 2.45) is 0 Å². The Morgan fingerprint density at radius 1 is 1.17 bits per heavy atom. The van der Waals surface area contributed by atoms with E-state index in [0.29, 0.717) is 34.7 Å². The summed E-state index contributed by atoms with van der Waals surface area (Å²) in [4.78, 5) is 33.7. The molecule has 1 fully saturated rings. The summed E-state index contributed by atoms with van der Waals surface area (Å²) >= 11 is 1.29. The molecule has 1 saturated heterocycles. The number of hydrogen-bond donors (Lipinski definition) is 1. The smallest absolute Gasteiger partial charge is 0.266 e. The van der Waals surface area contributed by atoms with E-state index in [0.717, 1.165) is 45.7 Å². The van der Waals surface area contributed by atoms with Crippen molar-refractivity contribution in [2.75, 3.05) is 39.4 Å². The molecule has 0 saturated carbocycles. The molecular weight excluding hydrogens is 467 g/mol. The molecule has 0 radical (unpaired) electrons. The van der Waals surface area contributed by atoms with E-state index in [1.54, 1.807) is 30.3 Å². The molecule has 0 bridgehead atoms. The average molecular weight is 499 g/mol. The summed E-state index contributed by atoms with van der Waals surface area (Å²) in [6.45, 7) is 6.59. The standard InChI is InChI=1S/C26H31FN4O3S/c1-2-3-8-23(24(32)28-13-14-30-15-17-34-18-16-30)35-26-29-22-7-5-4-6-21(22)25(33)31(26)20-11-9-19(27)10-12-20/h4-7,9-12,23H,2-3,8,13-18H2,1H3,(H,28,32). The maximum atomic E-state index is 13.6. The molecule has 1 amide bonds. The van der Waals surface area contributed by atoms with Crippen LogP contribution in [-0.4, -0.2) is 65.0 Å². The van der Waals surface area contributed by atoms with Crippen molar-refractivity contribution in [1.82, 2.24) is 19.8 Å². The van der Waals surface area contributed by atoms with Crippen LogP contribution in [0.2, 0.25) is 0 Å². The summed E-state index contributed by atoms with van der Waals surface area (Å²) in [6.07, 6.45) is 2.49. The summed E-state index contributed by atoms with van der Waals surface area (Å²) < 4.78 is 20.5. The Morgan fingerprint density at radius 3 is 2.66 bits per heavy atom. The first kappa shape index (κ1) is 25.3. The summed E-state index contributed by atoms with van der Waals surface area (Å²) in [7, 11) is 0. The van der Waals surface area contributed by atoms with Gasteiger partial charge in [-0.25, -0.2) is 9.37 Å². The lowest BCUT2D eigenvalue weighted by atomic mass is 10.2. The van der Waals surface area contributed by atoms with Crippen LogP contribution in [0.25, 0.3) is 16.6 Å². The molecule has 0 spiro atoms. The number of para-hydroxylation sites is 1. The second kappa shape index (κ2) is 12.3. The number of halogens is 1. The molecule has 1 unspecified atom stereocenters. The molecule has 1 atom stereocenters. The number of hydrogen-bond acceptors (Lipinski definition) is 6. The predicted octanol–water partition coefficient (Wildman–Crippen LogP) is 3.62. The van der Waals surface area contributed by atoms with Gasteiger partial charge in [0.15, 0.2) is 5.16 Å². The third-order valence-electron chi connectivity index (χ3n) is 6.02. The van der Waals surface area contributed by atoms with E-state index in [1.165, 1.54) is 28.5 Å². The first-order valence-corrected chi connectivity index (χ1v) is 13.0. The molecule has 35 heavy (non-hydrogen) atoms. The zero-order valence-corrected chi connectivity index (χ0v) is 20.7. The highest BCUT2D eigenvalue weighted by Crippen LogP contribution is 2.28. The van der Waals surface area contributed by atoms with Crippen LogP contribution in [0.4, 0.5) is 4.39 Å². The largest absolute Gasteiger partial charge is 0.379 e. The number of unbranched alkanes of at least 4 members (excludes halogenated alkanes) is 1. The van der Waals surface area contributed by atoms with Gasteiger partial charge >= 0.3 is 0 Å². The molecule has 2 heterocycles. The second-order valence-corrected chi connectivity index (χ2v) is 9.69. The van der Waals surface area contributed by atoms with E-state index in [2.05, 4.69) is 17.1 Å². The van der Waals surface area contributed by atoms with E-state index in [-0.39, 0.29) is 17.3 Å². The number of carbonyl (C=O) groups excluding carboxylic acids is 1. The highest BCUT2D eigenvalue weighted by atomic mass is 32.2. The SMILES string of the molecule is CCCCC(Sc1nc2ccccc2c(=O)n1-c1ccc(F)cc1)C(=O)NCCN1CCOCC1. The van der Waals surface area contributed by atoms with Gasteiger partial charge in [0.1, 0.15) is 5.82 Å². The van der Waals surface area contributed by atoms with Gasteiger partial charge in [0, 0.05) is 26.2 Å². The van der Waals surface area contributed by atoms with E-state index < -0.39 is 5.25 Å². The number of benzene rings is 2. The predicted molar refractivity (Wildman–Crippen MR) is 137 cm³/mol. The molecule has 2 aromatic carbocycles. The Kier molecular flexibility index (Phi) is 8.90. The number of morpholine rings is 1. The van der Waals surface area contributed by atoms with Crippen molar-refractivity contribution in [3.05, 3.63) is 64.7 Å². The van der Waals surface area contributed by atoms with Crippen molar-refractivity contribution < 1.29 is 13.9 Å². The lowest BCUT2D eigenvalue weighted by Gasteiger charge is -2.27. The number of nitrogens with one attached hydrogen (secondary N) is 1. The Hall–Kier alpha value is -2.75. The quantitative estimate of drug-likeness (QED) is 0.340. The van der Waals surface area contributed by atoms with Crippen molar-refractivity contribution in [1.29, 1.82) is 0 Å². The summed E-state index contributed by atoms with van der Waals surface area (Å²) in [5.41, 5.74) is 0.839. The van der Waals surface area contributed by atoms with Gasteiger partial charge in [-0.1, -0.05) is 43.7 Å². The number of aromatic nitrogens is 2. The number of fused-ring (bicyclic) bond motifs is 1. The van der Waals surface area contributed by atoms with Crippen LogP contribution in [-0.2, 0) is 9.53 Å². The van der Waals surface area contributed by atoms with Crippen molar-refractivity contribution in [3.8, 4) is 5.69 Å². The van der Waals surface area contributed by atoms with Gasteiger partial charge in [-0.3, -0.25) is 19.1 Å². The van der Waals surface area contributed by atoms with Gasteiger partial charge in [-0.05, 0) is 42.8 Å². The molecular formula is C26H31FN4O3S. The van der Waals surface area contributed by atoms with Crippen LogP contribution >= 0.6 is 11.8 Å². The van der Waals surface area contributed by atoms with Crippen LogP contribution in [0, 0.1) is 5.82 Å². The van der Waals surface area contributed by atoms with Gasteiger partial charge in [-0.15, -0.1) is 0 Å². The highest BCUT2D eigenvalue weighted by molar-refractivity contribution is 8.00. The lowest BCUT2D eigenvalue weighted by Crippen LogP contribution is -2.43. The molecule has 3 aromatic rings. The second-order valence-electron chi connectivity index (χ2n) is 8.52. The summed E-state index contributed by atoms with van der Waals surface area (Å²) in [5.74, 6) is -0.449. The molecule has 1 aromatic heterocycles. The van der Waals surface area contributed by atoms with Crippen LogP contribution in [0.5, 0.6) is 0 Å². The fraction of sp³-hybridized carbons (Fsp3) is 0.423. The van der Waals surface area contributed by atoms with Gasteiger partial charge in [0.2, 0.25) is 5.91 Å². The van der Waals surface area contributed by atoms with Gasteiger partial charge in [0.25, 0.3) is 5.56 Å². The molecule has 7 nitrogen and oxygen atoms in total. The van der Waals surface area contributed by atoms with E-state index >= 15 is 0 Å². The minimum Gasteiger partial charge on any atom is -0.379 e. The van der Waals surface area contributed by atoms with Crippen molar-refractivity contribution in [3.63, 3.8) is 0 Å². The van der Waals surface area contributed by atoms with Crippen LogP contribution < -0.4 is 10.9 Å². The zero-order chi connectivity index (χ0) is 24.6. The molecule has 186 valence electrons. The molecule has 0 aliphatic carbocycles. The molecule has 1 aliphatic rings.